The molecule has 1 heterocycles. The maximum Gasteiger partial charge on any atom is 0.227 e. The molecule has 20 heavy (non-hydrogen) atoms. The highest BCUT2D eigenvalue weighted by molar-refractivity contribution is 5.85. The predicted molar refractivity (Wildman–Crippen MR) is 75.6 cm³/mol. The van der Waals surface area contributed by atoms with Gasteiger partial charge in [-0.1, -0.05) is 6.07 Å². The Hall–Kier alpha value is -1.20. The van der Waals surface area contributed by atoms with E-state index in [0.29, 0.717) is 24.6 Å². The van der Waals surface area contributed by atoms with Gasteiger partial charge in [0, 0.05) is 19.1 Å². The van der Waals surface area contributed by atoms with Crippen LogP contribution in [0.4, 0.5) is 8.78 Å². The number of hydrogen-bond donors (Lipinski definition) is 1. The lowest BCUT2D eigenvalue weighted by molar-refractivity contribution is -0.129. The second-order valence-electron chi connectivity index (χ2n) is 5.17. The number of nitrogens with zero attached hydrogens (tertiary/aromatic N) is 1. The highest BCUT2D eigenvalue weighted by Gasteiger charge is 2.28. The van der Waals surface area contributed by atoms with E-state index in [1.165, 1.54) is 6.07 Å². The first-order valence-electron chi connectivity index (χ1n) is 6.44. The molecule has 1 aliphatic rings. The van der Waals surface area contributed by atoms with Crippen molar-refractivity contribution in [1.82, 2.24) is 4.90 Å². The van der Waals surface area contributed by atoms with E-state index in [1.807, 2.05) is 6.92 Å². The van der Waals surface area contributed by atoms with E-state index in [4.69, 9.17) is 5.73 Å². The Morgan fingerprint density at radius 3 is 2.70 bits per heavy atom. The lowest BCUT2D eigenvalue weighted by Crippen LogP contribution is -2.33. The lowest BCUT2D eigenvalue weighted by Gasteiger charge is -2.18. The van der Waals surface area contributed by atoms with E-state index in [9.17, 15) is 13.6 Å². The zero-order valence-electron chi connectivity index (χ0n) is 11.3. The first kappa shape index (κ1) is 16.9. The summed E-state index contributed by atoms with van der Waals surface area (Å²) in [5.74, 6) is -1.54. The molecule has 1 aromatic carbocycles. The van der Waals surface area contributed by atoms with Gasteiger partial charge in [0.1, 0.15) is 0 Å². The van der Waals surface area contributed by atoms with Crippen molar-refractivity contribution < 1.29 is 13.6 Å². The molecule has 1 aromatic rings. The van der Waals surface area contributed by atoms with Crippen LogP contribution in [0, 0.1) is 17.6 Å². The first-order chi connectivity index (χ1) is 8.97. The van der Waals surface area contributed by atoms with Crippen LogP contribution in [0.1, 0.15) is 18.9 Å². The topological polar surface area (TPSA) is 46.3 Å². The fourth-order valence-electron chi connectivity index (χ4n) is 2.38. The smallest absolute Gasteiger partial charge is 0.227 e. The predicted octanol–water partition coefficient (Wildman–Crippen LogP) is 2.12. The second-order valence-corrected chi connectivity index (χ2v) is 5.17. The molecule has 2 rings (SSSR count). The number of benzene rings is 1. The Balaban J connectivity index is 0.00000200. The van der Waals surface area contributed by atoms with Gasteiger partial charge < -0.3 is 10.6 Å². The molecule has 0 aliphatic carbocycles. The molecule has 1 aliphatic heterocycles. The lowest BCUT2D eigenvalue weighted by atomic mass is 10.0. The third-order valence-electron chi connectivity index (χ3n) is 3.66. The van der Waals surface area contributed by atoms with Gasteiger partial charge in [0.25, 0.3) is 0 Å². The average Bonchev–Trinajstić information content (AvgIpc) is 2.83. The van der Waals surface area contributed by atoms with Gasteiger partial charge >= 0.3 is 0 Å². The Kier molecular flexibility index (Phi) is 5.89. The van der Waals surface area contributed by atoms with Gasteiger partial charge in [0.2, 0.25) is 5.91 Å². The van der Waals surface area contributed by atoms with E-state index in [0.717, 1.165) is 18.6 Å². The van der Waals surface area contributed by atoms with Gasteiger partial charge in [-0.15, -0.1) is 12.4 Å². The third-order valence-corrected chi connectivity index (χ3v) is 3.66. The quantitative estimate of drug-likeness (QED) is 0.930. The van der Waals surface area contributed by atoms with E-state index < -0.39 is 11.6 Å². The minimum absolute atomic E-state index is 0. The third kappa shape index (κ3) is 3.90. The Labute approximate surface area is 123 Å². The van der Waals surface area contributed by atoms with Gasteiger partial charge in [0.05, 0.1) is 6.42 Å². The number of likely N-dealkylation sites (tertiary alicyclic amines) is 1. The van der Waals surface area contributed by atoms with Crippen molar-refractivity contribution in [2.45, 2.75) is 25.8 Å². The number of halogens is 3. The Morgan fingerprint density at radius 2 is 2.15 bits per heavy atom. The molecule has 1 amide bonds. The average molecular weight is 305 g/mol. The summed E-state index contributed by atoms with van der Waals surface area (Å²) in [5.41, 5.74) is 6.31. The second kappa shape index (κ2) is 6.99. The summed E-state index contributed by atoms with van der Waals surface area (Å²) in [5, 5.41) is 0. The molecule has 2 N–H and O–H groups in total. The molecule has 0 bridgehead atoms. The van der Waals surface area contributed by atoms with E-state index in [-0.39, 0.29) is 30.8 Å². The summed E-state index contributed by atoms with van der Waals surface area (Å²) in [7, 11) is 0. The normalized spacial score (nSPS) is 19.6. The summed E-state index contributed by atoms with van der Waals surface area (Å²) >= 11 is 0. The fourth-order valence-corrected chi connectivity index (χ4v) is 2.38. The van der Waals surface area contributed by atoms with Crippen LogP contribution >= 0.6 is 12.4 Å². The summed E-state index contributed by atoms with van der Waals surface area (Å²) in [6.07, 6.45) is 1.00. The van der Waals surface area contributed by atoms with Crippen molar-refractivity contribution >= 4 is 18.3 Å². The summed E-state index contributed by atoms with van der Waals surface area (Å²) in [6.45, 7) is 3.28. The molecular formula is C14H19ClF2N2O. The molecular weight excluding hydrogens is 286 g/mol. The zero-order chi connectivity index (χ0) is 14.0. The largest absolute Gasteiger partial charge is 0.342 e. The molecule has 0 saturated carbocycles. The first-order valence-corrected chi connectivity index (χ1v) is 6.44. The van der Waals surface area contributed by atoms with Crippen molar-refractivity contribution in [3.8, 4) is 0 Å². The molecule has 0 spiro atoms. The van der Waals surface area contributed by atoms with Gasteiger partial charge in [-0.05, 0) is 37.0 Å². The monoisotopic (exact) mass is 304 g/mol. The van der Waals surface area contributed by atoms with Crippen molar-refractivity contribution in [1.29, 1.82) is 0 Å². The molecule has 2 atom stereocenters. The number of carbonyl (C=O) groups is 1. The molecule has 1 saturated heterocycles. The van der Waals surface area contributed by atoms with Crippen LogP contribution in [0.25, 0.3) is 0 Å². The minimum Gasteiger partial charge on any atom is -0.342 e. The van der Waals surface area contributed by atoms with Crippen molar-refractivity contribution in [2.24, 2.45) is 11.7 Å². The SMILES string of the molecule is CC(N)C1CCN(C(=O)Cc2ccc(F)c(F)c2)C1.Cl. The van der Waals surface area contributed by atoms with E-state index >= 15 is 0 Å². The molecule has 2 unspecified atom stereocenters. The van der Waals surface area contributed by atoms with Crippen molar-refractivity contribution in [3.63, 3.8) is 0 Å². The van der Waals surface area contributed by atoms with Crippen molar-refractivity contribution in [2.75, 3.05) is 13.1 Å². The van der Waals surface area contributed by atoms with Crippen LogP contribution in [0.3, 0.4) is 0 Å². The summed E-state index contributed by atoms with van der Waals surface area (Å²) in [6, 6.07) is 3.63. The molecule has 0 radical (unpaired) electrons. The zero-order valence-corrected chi connectivity index (χ0v) is 12.1. The van der Waals surface area contributed by atoms with Gasteiger partial charge in [-0.25, -0.2) is 8.78 Å². The van der Waals surface area contributed by atoms with Crippen LogP contribution in [-0.4, -0.2) is 29.9 Å². The molecule has 112 valence electrons. The Morgan fingerprint density at radius 1 is 1.45 bits per heavy atom. The van der Waals surface area contributed by atoms with Crippen LogP contribution in [-0.2, 0) is 11.2 Å². The number of amides is 1. The standard InChI is InChI=1S/C14H18F2N2O.ClH/c1-9(17)11-4-5-18(8-11)14(19)7-10-2-3-12(15)13(16)6-10;/h2-3,6,9,11H,4-5,7-8,17H2,1H3;1H. The molecule has 3 nitrogen and oxygen atoms in total. The Bertz CT molecular complexity index is 482. The molecule has 6 heteroatoms. The summed E-state index contributed by atoms with van der Waals surface area (Å²) < 4.78 is 25.9. The molecule has 1 fully saturated rings. The maximum atomic E-state index is 13.1. The van der Waals surface area contributed by atoms with Gasteiger partial charge in [-0.3, -0.25) is 4.79 Å². The number of carbonyl (C=O) groups excluding carboxylic acids is 1. The number of hydrogen-bond acceptors (Lipinski definition) is 2. The fraction of sp³-hybridized carbons (Fsp3) is 0.500. The van der Waals surface area contributed by atoms with Crippen LogP contribution < -0.4 is 5.73 Å². The van der Waals surface area contributed by atoms with Gasteiger partial charge in [0.15, 0.2) is 11.6 Å². The maximum absolute atomic E-state index is 13.1. The van der Waals surface area contributed by atoms with Crippen LogP contribution in [0.5, 0.6) is 0 Å². The van der Waals surface area contributed by atoms with Crippen LogP contribution in [0.2, 0.25) is 0 Å². The highest BCUT2D eigenvalue weighted by atomic mass is 35.5. The van der Waals surface area contributed by atoms with E-state index in [2.05, 4.69) is 0 Å². The summed E-state index contributed by atoms with van der Waals surface area (Å²) in [4.78, 5) is 13.8. The highest BCUT2D eigenvalue weighted by Crippen LogP contribution is 2.20. The minimum atomic E-state index is -0.917. The van der Waals surface area contributed by atoms with Gasteiger partial charge in [-0.2, -0.15) is 0 Å². The van der Waals surface area contributed by atoms with Crippen LogP contribution in [0.15, 0.2) is 18.2 Å². The van der Waals surface area contributed by atoms with Crippen molar-refractivity contribution in [3.05, 3.63) is 35.4 Å². The van der Waals surface area contributed by atoms with E-state index in [1.54, 1.807) is 4.90 Å². The number of rotatable bonds is 3. The number of nitrogens with two attached hydrogens (primary N) is 1. The molecule has 0 aromatic heterocycles.